The van der Waals surface area contributed by atoms with Crippen LogP contribution in [0.2, 0.25) is 0 Å². The van der Waals surface area contributed by atoms with Gasteiger partial charge in [-0.15, -0.1) is 0 Å². The molecule has 0 spiro atoms. The Morgan fingerprint density at radius 3 is 2.76 bits per heavy atom. The second-order valence-corrected chi connectivity index (χ2v) is 3.45. The molecule has 0 fully saturated rings. The van der Waals surface area contributed by atoms with E-state index in [0.29, 0.717) is 0 Å². The molecule has 1 atom stereocenters. The van der Waals surface area contributed by atoms with E-state index >= 15 is 0 Å². The molecule has 3 N–H and O–H groups in total. The van der Waals surface area contributed by atoms with E-state index in [1.165, 1.54) is 0 Å². The normalized spacial score (nSPS) is 13.2. The maximum absolute atomic E-state index is 12.3. The number of carbonyl (C=O) groups excluding carboxylic acids is 1. The number of nitrogens with two attached hydrogens (primary N) is 1. The van der Waals surface area contributed by atoms with Crippen LogP contribution < -0.4 is 11.1 Å². The van der Waals surface area contributed by atoms with Crippen LogP contribution in [0.1, 0.15) is 23.2 Å². The Labute approximate surface area is 95.2 Å². The van der Waals surface area contributed by atoms with Gasteiger partial charge in [0, 0.05) is 18.8 Å². The monoisotopic (exact) mass is 248 g/mol. The molecule has 1 aromatic rings. The van der Waals surface area contributed by atoms with Gasteiger partial charge in [0.05, 0.1) is 0 Å². The fourth-order valence-electron chi connectivity index (χ4n) is 0.966. The Bertz CT molecular complexity index is 405. The van der Waals surface area contributed by atoms with E-state index in [-0.39, 0.29) is 18.3 Å². The fourth-order valence-corrected chi connectivity index (χ4v) is 0.966. The molecule has 1 heterocycles. The van der Waals surface area contributed by atoms with Gasteiger partial charge in [-0.05, 0) is 13.0 Å². The fraction of sp³-hybridized carbons (Fsp3) is 0.444. The molecule has 0 aliphatic rings. The van der Waals surface area contributed by atoms with Gasteiger partial charge in [0.15, 0.2) is 0 Å². The van der Waals surface area contributed by atoms with Crippen molar-refractivity contribution in [1.82, 2.24) is 15.3 Å². The number of aromatic nitrogens is 2. The molecule has 0 bridgehead atoms. The molecule has 17 heavy (non-hydrogen) atoms. The van der Waals surface area contributed by atoms with Crippen molar-refractivity contribution in [3.63, 3.8) is 0 Å². The van der Waals surface area contributed by atoms with Crippen LogP contribution in [0.4, 0.5) is 13.2 Å². The second kappa shape index (κ2) is 5.09. The van der Waals surface area contributed by atoms with E-state index in [4.69, 9.17) is 5.73 Å². The molecule has 1 rings (SSSR count). The number of rotatable bonds is 3. The van der Waals surface area contributed by atoms with Crippen molar-refractivity contribution in [3.05, 3.63) is 23.8 Å². The lowest BCUT2D eigenvalue weighted by Gasteiger charge is -2.08. The first kappa shape index (κ1) is 13.4. The molecule has 0 aromatic carbocycles. The van der Waals surface area contributed by atoms with Crippen LogP contribution in [0.3, 0.4) is 0 Å². The van der Waals surface area contributed by atoms with Crippen LogP contribution in [0, 0.1) is 0 Å². The minimum Gasteiger partial charge on any atom is -0.349 e. The Hall–Kier alpha value is -1.70. The highest BCUT2D eigenvalue weighted by Crippen LogP contribution is 2.25. The molecule has 94 valence electrons. The summed E-state index contributed by atoms with van der Waals surface area (Å²) in [4.78, 5) is 17.6. The van der Waals surface area contributed by atoms with Gasteiger partial charge in [-0.3, -0.25) is 4.79 Å². The molecule has 0 radical (unpaired) electrons. The van der Waals surface area contributed by atoms with Crippen molar-refractivity contribution in [2.75, 3.05) is 6.54 Å². The van der Waals surface area contributed by atoms with E-state index in [0.717, 1.165) is 12.3 Å². The average Bonchev–Trinajstić information content (AvgIpc) is 2.25. The summed E-state index contributed by atoms with van der Waals surface area (Å²) < 4.78 is 36.8. The van der Waals surface area contributed by atoms with Gasteiger partial charge < -0.3 is 11.1 Å². The lowest BCUT2D eigenvalue weighted by atomic mass is 10.3. The van der Waals surface area contributed by atoms with Crippen molar-refractivity contribution in [1.29, 1.82) is 0 Å². The first-order chi connectivity index (χ1) is 7.80. The minimum absolute atomic E-state index is 0.157. The first-order valence-electron chi connectivity index (χ1n) is 4.74. The van der Waals surface area contributed by atoms with Crippen molar-refractivity contribution in [2.45, 2.75) is 19.1 Å². The van der Waals surface area contributed by atoms with Crippen LogP contribution in [0.25, 0.3) is 0 Å². The van der Waals surface area contributed by atoms with Crippen LogP contribution in [0.5, 0.6) is 0 Å². The lowest BCUT2D eigenvalue weighted by Crippen LogP contribution is -2.35. The Kier molecular flexibility index (Phi) is 4.00. The number of carbonyl (C=O) groups is 1. The molecule has 0 aliphatic carbocycles. The number of hydrogen-bond acceptors (Lipinski definition) is 4. The molecule has 0 aliphatic heterocycles. The second-order valence-electron chi connectivity index (χ2n) is 3.45. The average molecular weight is 248 g/mol. The zero-order chi connectivity index (χ0) is 13.1. The van der Waals surface area contributed by atoms with E-state index in [2.05, 4.69) is 15.3 Å². The van der Waals surface area contributed by atoms with Crippen LogP contribution in [-0.4, -0.2) is 28.5 Å². The molecule has 1 aromatic heterocycles. The predicted octanol–water partition coefficient (Wildman–Crippen LogP) is 0.572. The van der Waals surface area contributed by atoms with Crippen LogP contribution >= 0.6 is 0 Å². The highest BCUT2D eigenvalue weighted by atomic mass is 19.4. The van der Waals surface area contributed by atoms with Gasteiger partial charge in [-0.2, -0.15) is 13.2 Å². The third-order valence-electron chi connectivity index (χ3n) is 1.73. The van der Waals surface area contributed by atoms with E-state index in [1.54, 1.807) is 6.92 Å². The van der Waals surface area contributed by atoms with Gasteiger partial charge in [-0.1, -0.05) is 0 Å². The van der Waals surface area contributed by atoms with Gasteiger partial charge in [0.2, 0.25) is 5.82 Å². The summed E-state index contributed by atoms with van der Waals surface area (Å²) in [6.07, 6.45) is -3.78. The summed E-state index contributed by atoms with van der Waals surface area (Å²) in [5.74, 6) is -2.05. The standard InChI is InChI=1S/C9H11F3N4O/c1-5(13)4-15-7(17)6-2-3-14-8(16-6)9(10,11)12/h2-3,5H,4,13H2,1H3,(H,15,17). The number of halogens is 3. The highest BCUT2D eigenvalue weighted by molar-refractivity contribution is 5.92. The van der Waals surface area contributed by atoms with Gasteiger partial charge >= 0.3 is 6.18 Å². The third-order valence-corrected chi connectivity index (χ3v) is 1.73. The van der Waals surface area contributed by atoms with E-state index in [9.17, 15) is 18.0 Å². The molecule has 0 saturated carbocycles. The first-order valence-corrected chi connectivity index (χ1v) is 4.74. The zero-order valence-corrected chi connectivity index (χ0v) is 8.95. The third kappa shape index (κ3) is 3.99. The highest BCUT2D eigenvalue weighted by Gasteiger charge is 2.35. The van der Waals surface area contributed by atoms with Gasteiger partial charge in [0.25, 0.3) is 5.91 Å². The number of hydrogen-bond donors (Lipinski definition) is 2. The van der Waals surface area contributed by atoms with Crippen molar-refractivity contribution in [2.24, 2.45) is 5.73 Å². The Balaban J connectivity index is 2.81. The van der Waals surface area contributed by atoms with Crippen molar-refractivity contribution >= 4 is 5.91 Å². The quantitative estimate of drug-likeness (QED) is 0.819. The molecular formula is C9H11F3N4O. The van der Waals surface area contributed by atoms with Gasteiger partial charge in [0.1, 0.15) is 5.69 Å². The Morgan fingerprint density at radius 1 is 1.59 bits per heavy atom. The lowest BCUT2D eigenvalue weighted by molar-refractivity contribution is -0.145. The number of alkyl halides is 3. The van der Waals surface area contributed by atoms with Crippen molar-refractivity contribution in [3.8, 4) is 0 Å². The van der Waals surface area contributed by atoms with Crippen LogP contribution in [0.15, 0.2) is 12.3 Å². The smallest absolute Gasteiger partial charge is 0.349 e. The molecular weight excluding hydrogens is 237 g/mol. The maximum atomic E-state index is 12.3. The summed E-state index contributed by atoms with van der Waals surface area (Å²) in [5, 5.41) is 2.36. The topological polar surface area (TPSA) is 80.9 Å². The van der Waals surface area contributed by atoms with E-state index < -0.39 is 17.9 Å². The molecule has 1 amide bonds. The van der Waals surface area contributed by atoms with Gasteiger partial charge in [-0.25, -0.2) is 9.97 Å². The molecule has 0 saturated heterocycles. The molecule has 5 nitrogen and oxygen atoms in total. The zero-order valence-electron chi connectivity index (χ0n) is 8.95. The summed E-state index contributed by atoms with van der Waals surface area (Å²) in [7, 11) is 0. The summed E-state index contributed by atoms with van der Waals surface area (Å²) in [5.41, 5.74) is 5.05. The largest absolute Gasteiger partial charge is 0.451 e. The van der Waals surface area contributed by atoms with E-state index in [1.807, 2.05) is 0 Å². The predicted molar refractivity (Wildman–Crippen MR) is 53.0 cm³/mol. The van der Waals surface area contributed by atoms with Crippen LogP contribution in [-0.2, 0) is 6.18 Å². The number of amides is 1. The molecule has 8 heteroatoms. The van der Waals surface area contributed by atoms with Crippen molar-refractivity contribution < 1.29 is 18.0 Å². The Morgan fingerprint density at radius 2 is 2.24 bits per heavy atom. The number of nitrogens with one attached hydrogen (secondary N) is 1. The maximum Gasteiger partial charge on any atom is 0.451 e. The number of nitrogens with zero attached hydrogens (tertiary/aromatic N) is 2. The minimum atomic E-state index is -4.67. The SMILES string of the molecule is CC(N)CNC(=O)c1ccnc(C(F)(F)F)n1. The summed E-state index contributed by atoms with van der Waals surface area (Å²) in [6, 6.07) is 0.814. The summed E-state index contributed by atoms with van der Waals surface area (Å²) >= 11 is 0. The summed E-state index contributed by atoms with van der Waals surface area (Å²) in [6.45, 7) is 1.81. The molecule has 1 unspecified atom stereocenters.